The lowest BCUT2D eigenvalue weighted by Gasteiger charge is -2.09. The van der Waals surface area contributed by atoms with Crippen molar-refractivity contribution in [3.8, 4) is 0 Å². The number of benzene rings is 2. The molecule has 0 aliphatic rings. The average molecular weight is 276 g/mol. The Morgan fingerprint density at radius 1 is 1.06 bits per heavy atom. The number of nitrogens with one attached hydrogen (secondary N) is 1. The van der Waals surface area contributed by atoms with E-state index in [-0.39, 0.29) is 0 Å². The summed E-state index contributed by atoms with van der Waals surface area (Å²) in [6, 6.07) is 16.6. The van der Waals surface area contributed by atoms with E-state index in [9.17, 15) is 0 Å². The second kappa shape index (κ2) is 5.17. The molecule has 0 saturated heterocycles. The third-order valence-corrected chi connectivity index (χ3v) is 3.06. The predicted molar refractivity (Wildman–Crippen MR) is 72.6 cm³/mol. The Bertz CT molecular complexity index is 480. The molecule has 2 heteroatoms. The smallest absolute Gasteiger partial charge is 0.0403 e. The summed E-state index contributed by atoms with van der Waals surface area (Å²) in [5.41, 5.74) is 3.80. The number of rotatable bonds is 3. The Kier molecular flexibility index (Phi) is 3.62. The van der Waals surface area contributed by atoms with Crippen LogP contribution in [0.4, 0.5) is 5.69 Å². The van der Waals surface area contributed by atoms with E-state index in [1.807, 2.05) is 12.1 Å². The van der Waals surface area contributed by atoms with Crippen molar-refractivity contribution in [3.63, 3.8) is 0 Å². The number of hydrogen-bond acceptors (Lipinski definition) is 1. The fraction of sp³-hybridized carbons (Fsp3) is 0.143. The van der Waals surface area contributed by atoms with Crippen molar-refractivity contribution in [3.05, 3.63) is 64.1 Å². The quantitative estimate of drug-likeness (QED) is 0.877. The van der Waals surface area contributed by atoms with Crippen LogP contribution in [0.25, 0.3) is 0 Å². The molecule has 0 heterocycles. The Morgan fingerprint density at radius 3 is 2.62 bits per heavy atom. The third kappa shape index (κ3) is 2.86. The first-order valence-electron chi connectivity index (χ1n) is 5.29. The summed E-state index contributed by atoms with van der Waals surface area (Å²) >= 11 is 3.46. The fourth-order valence-electron chi connectivity index (χ4n) is 1.60. The molecule has 0 fully saturated rings. The van der Waals surface area contributed by atoms with Crippen molar-refractivity contribution in [1.29, 1.82) is 0 Å². The third-order valence-electron chi connectivity index (χ3n) is 2.57. The largest absolute Gasteiger partial charge is 0.381 e. The maximum absolute atomic E-state index is 3.46. The minimum absolute atomic E-state index is 0.864. The highest BCUT2D eigenvalue weighted by atomic mass is 79.9. The van der Waals surface area contributed by atoms with Crippen LogP contribution in [-0.4, -0.2) is 0 Å². The van der Waals surface area contributed by atoms with Gasteiger partial charge in [-0.3, -0.25) is 0 Å². The lowest BCUT2D eigenvalue weighted by atomic mass is 10.1. The van der Waals surface area contributed by atoms with Gasteiger partial charge in [-0.1, -0.05) is 46.3 Å². The molecule has 2 rings (SSSR count). The topological polar surface area (TPSA) is 12.0 Å². The van der Waals surface area contributed by atoms with Crippen LogP contribution in [0.2, 0.25) is 0 Å². The first kappa shape index (κ1) is 11.2. The zero-order valence-electron chi connectivity index (χ0n) is 9.20. The highest BCUT2D eigenvalue weighted by molar-refractivity contribution is 9.10. The number of hydrogen-bond donors (Lipinski definition) is 1. The molecule has 0 amide bonds. The van der Waals surface area contributed by atoms with Gasteiger partial charge in [0.15, 0.2) is 0 Å². The Labute approximate surface area is 105 Å². The fourth-order valence-corrected chi connectivity index (χ4v) is 2.00. The summed E-state index contributed by atoms with van der Waals surface area (Å²) in [5.74, 6) is 0. The van der Waals surface area contributed by atoms with Gasteiger partial charge in [-0.05, 0) is 36.2 Å². The van der Waals surface area contributed by atoms with Crippen molar-refractivity contribution in [1.82, 2.24) is 0 Å². The number of halogens is 1. The van der Waals surface area contributed by atoms with E-state index in [2.05, 4.69) is 64.6 Å². The van der Waals surface area contributed by atoms with E-state index in [1.54, 1.807) is 0 Å². The molecule has 0 spiro atoms. The van der Waals surface area contributed by atoms with Crippen LogP contribution >= 0.6 is 15.9 Å². The van der Waals surface area contributed by atoms with E-state index in [0.717, 1.165) is 16.7 Å². The van der Waals surface area contributed by atoms with E-state index >= 15 is 0 Å². The Morgan fingerprint density at radius 2 is 1.88 bits per heavy atom. The van der Waals surface area contributed by atoms with Crippen molar-refractivity contribution >= 4 is 21.6 Å². The minimum atomic E-state index is 0.864. The van der Waals surface area contributed by atoms with Crippen LogP contribution in [0, 0.1) is 6.92 Å². The van der Waals surface area contributed by atoms with Gasteiger partial charge in [0.05, 0.1) is 0 Å². The molecule has 82 valence electrons. The monoisotopic (exact) mass is 275 g/mol. The molecule has 0 aromatic heterocycles. The van der Waals surface area contributed by atoms with Gasteiger partial charge < -0.3 is 5.32 Å². The summed E-state index contributed by atoms with van der Waals surface area (Å²) in [5, 5.41) is 3.41. The first-order chi connectivity index (χ1) is 7.75. The molecule has 1 N–H and O–H groups in total. The number of anilines is 1. The van der Waals surface area contributed by atoms with E-state index in [0.29, 0.717) is 0 Å². The molecule has 0 aliphatic carbocycles. The molecule has 0 radical (unpaired) electrons. The first-order valence-corrected chi connectivity index (χ1v) is 6.09. The maximum atomic E-state index is 3.46. The standard InChI is InChI=1S/C14H14BrN/c1-11-5-2-3-6-12(11)10-16-14-8-4-7-13(15)9-14/h2-9,16H,10H2,1H3. The van der Waals surface area contributed by atoms with E-state index in [1.165, 1.54) is 11.1 Å². The summed E-state index contributed by atoms with van der Waals surface area (Å²) in [4.78, 5) is 0. The maximum Gasteiger partial charge on any atom is 0.0403 e. The van der Waals surface area contributed by atoms with Gasteiger partial charge in [0.25, 0.3) is 0 Å². The second-order valence-corrected chi connectivity index (χ2v) is 4.71. The zero-order chi connectivity index (χ0) is 11.4. The molecule has 2 aromatic rings. The van der Waals surface area contributed by atoms with Crippen molar-refractivity contribution < 1.29 is 0 Å². The number of aryl methyl sites for hydroxylation is 1. The zero-order valence-corrected chi connectivity index (χ0v) is 10.8. The summed E-state index contributed by atoms with van der Waals surface area (Å²) in [6.07, 6.45) is 0. The normalized spacial score (nSPS) is 10.1. The summed E-state index contributed by atoms with van der Waals surface area (Å²) in [6.45, 7) is 3.00. The molecule has 0 bridgehead atoms. The molecule has 0 saturated carbocycles. The van der Waals surface area contributed by atoms with Crippen molar-refractivity contribution in [2.45, 2.75) is 13.5 Å². The average Bonchev–Trinajstić information content (AvgIpc) is 2.28. The second-order valence-electron chi connectivity index (χ2n) is 3.79. The van der Waals surface area contributed by atoms with Gasteiger partial charge in [-0.2, -0.15) is 0 Å². The highest BCUT2D eigenvalue weighted by Gasteiger charge is 1.97. The lowest BCUT2D eigenvalue weighted by Crippen LogP contribution is -2.00. The SMILES string of the molecule is Cc1ccccc1CNc1cccc(Br)c1. The van der Waals surface area contributed by atoms with Gasteiger partial charge in [0, 0.05) is 16.7 Å². The molecule has 0 atom stereocenters. The van der Waals surface area contributed by atoms with Crippen LogP contribution in [0.15, 0.2) is 53.0 Å². The lowest BCUT2D eigenvalue weighted by molar-refractivity contribution is 1.12. The Balaban J connectivity index is 2.05. The minimum Gasteiger partial charge on any atom is -0.381 e. The molecule has 2 aromatic carbocycles. The molecule has 0 unspecified atom stereocenters. The molecule has 0 aliphatic heterocycles. The van der Waals surface area contributed by atoms with Gasteiger partial charge in [0.2, 0.25) is 0 Å². The highest BCUT2D eigenvalue weighted by Crippen LogP contribution is 2.17. The van der Waals surface area contributed by atoms with Gasteiger partial charge in [-0.15, -0.1) is 0 Å². The van der Waals surface area contributed by atoms with Crippen molar-refractivity contribution in [2.24, 2.45) is 0 Å². The molecule has 1 nitrogen and oxygen atoms in total. The van der Waals surface area contributed by atoms with Gasteiger partial charge >= 0.3 is 0 Å². The Hall–Kier alpha value is -1.28. The molecule has 16 heavy (non-hydrogen) atoms. The van der Waals surface area contributed by atoms with Crippen LogP contribution in [-0.2, 0) is 6.54 Å². The van der Waals surface area contributed by atoms with Crippen molar-refractivity contribution in [2.75, 3.05) is 5.32 Å². The summed E-state index contributed by atoms with van der Waals surface area (Å²) < 4.78 is 1.10. The van der Waals surface area contributed by atoms with E-state index in [4.69, 9.17) is 0 Å². The molecular weight excluding hydrogens is 262 g/mol. The van der Waals surface area contributed by atoms with E-state index < -0.39 is 0 Å². The van der Waals surface area contributed by atoms with Crippen LogP contribution in [0.5, 0.6) is 0 Å². The van der Waals surface area contributed by atoms with Crippen LogP contribution < -0.4 is 5.32 Å². The van der Waals surface area contributed by atoms with Crippen LogP contribution in [0.3, 0.4) is 0 Å². The summed E-state index contributed by atoms with van der Waals surface area (Å²) in [7, 11) is 0. The van der Waals surface area contributed by atoms with Crippen LogP contribution in [0.1, 0.15) is 11.1 Å². The van der Waals surface area contributed by atoms with Gasteiger partial charge in [-0.25, -0.2) is 0 Å². The predicted octanol–water partition coefficient (Wildman–Crippen LogP) is 4.37. The van der Waals surface area contributed by atoms with Gasteiger partial charge in [0.1, 0.15) is 0 Å². The molecular formula is C14H14BrN.